The van der Waals surface area contributed by atoms with E-state index in [1.165, 1.54) is 0 Å². The molecule has 0 aliphatic rings. The number of amides is 1. The van der Waals surface area contributed by atoms with E-state index in [0.29, 0.717) is 0 Å². The number of carbonyl (C=O) groups excluding carboxylic acids is 1. The summed E-state index contributed by atoms with van der Waals surface area (Å²) in [5.74, 6) is -0.154. The molecule has 0 atom stereocenters. The predicted molar refractivity (Wildman–Crippen MR) is 80.2 cm³/mol. The quantitative estimate of drug-likeness (QED) is 0.631. The van der Waals surface area contributed by atoms with Crippen LogP contribution in [0.2, 0.25) is 0 Å². The predicted octanol–water partition coefficient (Wildman–Crippen LogP) is 3.37. The molecule has 4 nitrogen and oxygen atoms in total. The third kappa shape index (κ3) is 7.85. The van der Waals surface area contributed by atoms with Crippen molar-refractivity contribution in [1.29, 1.82) is 0 Å². The van der Waals surface area contributed by atoms with E-state index in [9.17, 15) is 4.79 Å². The molecule has 0 aromatic carbocycles. The molecule has 4 heteroatoms. The molecule has 0 bridgehead atoms. The molecule has 0 unspecified atom stereocenters. The van der Waals surface area contributed by atoms with Crippen molar-refractivity contribution in [3.05, 3.63) is 0 Å². The number of hydrogen-bond donors (Lipinski definition) is 1. The van der Waals surface area contributed by atoms with Gasteiger partial charge in [0.05, 0.1) is 5.71 Å². The van der Waals surface area contributed by atoms with Gasteiger partial charge in [0.15, 0.2) is 6.61 Å². The summed E-state index contributed by atoms with van der Waals surface area (Å²) >= 11 is 0. The fourth-order valence-corrected chi connectivity index (χ4v) is 2.01. The van der Waals surface area contributed by atoms with E-state index < -0.39 is 0 Å². The van der Waals surface area contributed by atoms with Gasteiger partial charge in [-0.2, -0.15) is 0 Å². The molecule has 0 heterocycles. The summed E-state index contributed by atoms with van der Waals surface area (Å²) in [4.78, 5) is 16.9. The summed E-state index contributed by atoms with van der Waals surface area (Å²) in [6, 6.07) is 0. The maximum atomic E-state index is 11.6. The molecular weight excluding hydrogens is 240 g/mol. The minimum absolute atomic E-state index is 0.0487. The molecule has 0 spiro atoms. The van der Waals surface area contributed by atoms with Crippen molar-refractivity contribution >= 4 is 11.6 Å². The van der Waals surface area contributed by atoms with Crippen LogP contribution >= 0.6 is 0 Å². The highest BCUT2D eigenvalue weighted by Crippen LogP contribution is 2.30. The van der Waals surface area contributed by atoms with Crippen molar-refractivity contribution in [3.63, 3.8) is 0 Å². The van der Waals surface area contributed by atoms with Crippen molar-refractivity contribution in [2.45, 2.75) is 67.9 Å². The molecule has 0 aromatic heterocycles. The second-order valence-electron chi connectivity index (χ2n) is 8.01. The van der Waals surface area contributed by atoms with Gasteiger partial charge in [0.25, 0.3) is 5.91 Å². The Balaban J connectivity index is 4.64. The minimum Gasteiger partial charge on any atom is -0.386 e. The van der Waals surface area contributed by atoms with Crippen LogP contribution in [0.3, 0.4) is 0 Å². The van der Waals surface area contributed by atoms with Gasteiger partial charge in [0, 0.05) is 16.4 Å². The first kappa shape index (κ1) is 17.9. The molecule has 1 N–H and O–H groups in total. The summed E-state index contributed by atoms with van der Waals surface area (Å²) in [5, 5.41) is 7.03. The van der Waals surface area contributed by atoms with Crippen molar-refractivity contribution in [2.75, 3.05) is 6.61 Å². The van der Waals surface area contributed by atoms with Crippen LogP contribution in [-0.2, 0) is 9.63 Å². The lowest BCUT2D eigenvalue weighted by molar-refractivity contribution is -0.127. The Bertz CT molecular complexity index is 323. The summed E-state index contributed by atoms with van der Waals surface area (Å²) in [7, 11) is 0. The van der Waals surface area contributed by atoms with E-state index in [4.69, 9.17) is 4.84 Å². The third-order valence-electron chi connectivity index (χ3n) is 2.29. The van der Waals surface area contributed by atoms with Crippen LogP contribution in [0.4, 0.5) is 0 Å². The average molecular weight is 270 g/mol. The first-order valence-electron chi connectivity index (χ1n) is 6.75. The van der Waals surface area contributed by atoms with Crippen molar-refractivity contribution in [1.82, 2.24) is 5.32 Å². The lowest BCUT2D eigenvalue weighted by Gasteiger charge is -2.31. The van der Waals surface area contributed by atoms with Crippen LogP contribution in [0.5, 0.6) is 0 Å². The first-order valence-corrected chi connectivity index (χ1v) is 6.75. The Hall–Kier alpha value is -1.06. The van der Waals surface area contributed by atoms with E-state index in [2.05, 4.69) is 52.0 Å². The van der Waals surface area contributed by atoms with E-state index >= 15 is 0 Å². The van der Waals surface area contributed by atoms with Gasteiger partial charge in [0.1, 0.15) is 0 Å². The third-order valence-corrected chi connectivity index (χ3v) is 2.29. The number of oxime groups is 1. The van der Waals surface area contributed by atoms with Crippen molar-refractivity contribution < 1.29 is 9.63 Å². The number of nitrogens with one attached hydrogen (secondary N) is 1. The average Bonchev–Trinajstić information content (AvgIpc) is 2.04. The second kappa shape index (κ2) is 5.93. The molecule has 0 rings (SSSR count). The Morgan fingerprint density at radius 2 is 1.37 bits per heavy atom. The zero-order chi connectivity index (χ0) is 15.5. The summed E-state index contributed by atoms with van der Waals surface area (Å²) in [5.41, 5.74) is 0.530. The second-order valence-corrected chi connectivity index (χ2v) is 8.01. The number of carbonyl (C=O) groups is 1. The lowest BCUT2D eigenvalue weighted by Crippen LogP contribution is -2.42. The fourth-order valence-electron chi connectivity index (χ4n) is 2.01. The molecule has 112 valence electrons. The van der Waals surface area contributed by atoms with E-state index in [0.717, 1.165) is 5.71 Å². The zero-order valence-corrected chi connectivity index (χ0v) is 14.0. The monoisotopic (exact) mass is 270 g/mol. The van der Waals surface area contributed by atoms with Crippen LogP contribution < -0.4 is 5.32 Å². The SMILES string of the molecule is CC(C)(C)NC(=O)CON=C(C(C)(C)C)C(C)(C)C. The first-order chi connectivity index (χ1) is 8.23. The number of hydrogen-bond acceptors (Lipinski definition) is 3. The van der Waals surface area contributed by atoms with Gasteiger partial charge < -0.3 is 10.2 Å². The van der Waals surface area contributed by atoms with Gasteiger partial charge in [-0.1, -0.05) is 46.7 Å². The van der Waals surface area contributed by atoms with Crippen molar-refractivity contribution in [2.24, 2.45) is 16.0 Å². The molecule has 19 heavy (non-hydrogen) atoms. The Morgan fingerprint density at radius 1 is 0.947 bits per heavy atom. The molecule has 0 fully saturated rings. The largest absolute Gasteiger partial charge is 0.386 e. The van der Waals surface area contributed by atoms with Gasteiger partial charge >= 0.3 is 0 Å². The normalized spacial score (nSPS) is 12.9. The van der Waals surface area contributed by atoms with E-state index in [-0.39, 0.29) is 28.9 Å². The maximum absolute atomic E-state index is 11.6. The molecule has 1 amide bonds. The van der Waals surface area contributed by atoms with Crippen LogP contribution in [0.25, 0.3) is 0 Å². The number of nitrogens with zero attached hydrogens (tertiary/aromatic N) is 1. The smallest absolute Gasteiger partial charge is 0.261 e. The Kier molecular flexibility index (Phi) is 5.60. The van der Waals surface area contributed by atoms with Crippen molar-refractivity contribution in [3.8, 4) is 0 Å². The van der Waals surface area contributed by atoms with E-state index in [1.807, 2.05) is 20.8 Å². The zero-order valence-electron chi connectivity index (χ0n) is 14.0. The Labute approximate surface area is 118 Å². The molecule has 0 saturated carbocycles. The van der Waals surface area contributed by atoms with Crippen LogP contribution in [0, 0.1) is 10.8 Å². The highest BCUT2D eigenvalue weighted by molar-refractivity contribution is 5.93. The highest BCUT2D eigenvalue weighted by Gasteiger charge is 2.31. The molecule has 0 saturated heterocycles. The van der Waals surface area contributed by atoms with Crippen LogP contribution in [0.15, 0.2) is 5.16 Å². The maximum Gasteiger partial charge on any atom is 0.261 e. The summed E-state index contributed by atoms with van der Waals surface area (Å²) in [6.07, 6.45) is 0. The van der Waals surface area contributed by atoms with Gasteiger partial charge in [-0.05, 0) is 20.8 Å². The summed E-state index contributed by atoms with van der Waals surface area (Å²) < 4.78 is 0. The fraction of sp³-hybridized carbons (Fsp3) is 0.867. The van der Waals surface area contributed by atoms with Gasteiger partial charge in [-0.15, -0.1) is 0 Å². The minimum atomic E-state index is -0.249. The number of rotatable bonds is 3. The van der Waals surface area contributed by atoms with Gasteiger partial charge in [0.2, 0.25) is 0 Å². The van der Waals surface area contributed by atoms with Gasteiger partial charge in [-0.25, -0.2) is 0 Å². The molecule has 0 aliphatic heterocycles. The molecule has 0 aromatic rings. The lowest BCUT2D eigenvalue weighted by atomic mass is 9.75. The standard InChI is InChI=1S/C15H30N2O2/c1-13(2,3)12(14(4,5)6)17-19-10-11(18)16-15(7,8)9/h10H2,1-9H3,(H,16,18). The van der Waals surface area contributed by atoms with Crippen LogP contribution in [0.1, 0.15) is 62.3 Å². The Morgan fingerprint density at radius 3 is 1.68 bits per heavy atom. The van der Waals surface area contributed by atoms with Crippen LogP contribution in [-0.4, -0.2) is 23.8 Å². The molecule has 0 aliphatic carbocycles. The molecule has 0 radical (unpaired) electrons. The molecular formula is C15H30N2O2. The topological polar surface area (TPSA) is 50.7 Å². The van der Waals surface area contributed by atoms with Gasteiger partial charge in [-0.3, -0.25) is 4.79 Å². The van der Waals surface area contributed by atoms with E-state index in [1.54, 1.807) is 0 Å². The summed E-state index contributed by atoms with van der Waals surface area (Å²) in [6.45, 7) is 18.3. The highest BCUT2D eigenvalue weighted by atomic mass is 16.6.